The molecule has 4 aliphatic rings. The number of amides is 4. The summed E-state index contributed by atoms with van der Waals surface area (Å²) in [6, 6.07) is 13.5. The van der Waals surface area contributed by atoms with Crippen LogP contribution in [0.2, 0.25) is 0 Å². The van der Waals surface area contributed by atoms with Crippen molar-refractivity contribution in [3.8, 4) is 0 Å². The molecule has 0 atom stereocenters. The number of rotatable bonds is 8. The van der Waals surface area contributed by atoms with Crippen LogP contribution < -0.4 is 22.1 Å². The van der Waals surface area contributed by atoms with Crippen LogP contribution in [0, 0.1) is 22.7 Å². The third kappa shape index (κ3) is 4.72. The molecule has 2 aromatic carbocycles. The van der Waals surface area contributed by atoms with E-state index in [1.807, 2.05) is 0 Å². The SMILES string of the molecule is NC(=O)c1ccccc1NC(=O)CC12CC3CC(C1)CC(CC(=O)Nc1ccccc1C(N)=O)(C3)C2. The van der Waals surface area contributed by atoms with E-state index in [-0.39, 0.29) is 22.6 Å². The van der Waals surface area contributed by atoms with Crippen LogP contribution >= 0.6 is 0 Å². The molecule has 0 aliphatic heterocycles. The number of hydrogen-bond donors (Lipinski definition) is 4. The fourth-order valence-corrected chi connectivity index (χ4v) is 7.75. The second-order valence-corrected chi connectivity index (χ2v) is 11.2. The molecule has 2 aromatic rings. The topological polar surface area (TPSA) is 144 Å². The van der Waals surface area contributed by atoms with E-state index in [0.29, 0.717) is 47.2 Å². The number of hydrogen-bond acceptors (Lipinski definition) is 4. The van der Waals surface area contributed by atoms with Crippen molar-refractivity contribution in [2.45, 2.75) is 51.4 Å². The van der Waals surface area contributed by atoms with Gasteiger partial charge in [-0.1, -0.05) is 24.3 Å². The van der Waals surface area contributed by atoms with Crippen LogP contribution in [-0.4, -0.2) is 23.6 Å². The first-order valence-corrected chi connectivity index (χ1v) is 12.5. The highest BCUT2D eigenvalue weighted by Crippen LogP contribution is 2.67. The summed E-state index contributed by atoms with van der Waals surface area (Å²) in [6.45, 7) is 0. The first-order valence-electron chi connectivity index (χ1n) is 12.5. The average Bonchev–Trinajstić information content (AvgIpc) is 2.77. The van der Waals surface area contributed by atoms with Crippen molar-refractivity contribution in [3.63, 3.8) is 0 Å². The number of nitrogens with two attached hydrogens (primary N) is 2. The number of benzene rings is 2. The van der Waals surface area contributed by atoms with E-state index < -0.39 is 11.8 Å². The van der Waals surface area contributed by atoms with E-state index >= 15 is 0 Å². The summed E-state index contributed by atoms with van der Waals surface area (Å²) in [5, 5.41) is 5.81. The molecule has 4 aliphatic carbocycles. The highest BCUT2D eigenvalue weighted by molar-refractivity contribution is 6.04. The Labute approximate surface area is 210 Å². The van der Waals surface area contributed by atoms with Gasteiger partial charge in [0, 0.05) is 12.8 Å². The highest BCUT2D eigenvalue weighted by Gasteiger charge is 2.58. The van der Waals surface area contributed by atoms with Gasteiger partial charge >= 0.3 is 0 Å². The first kappa shape index (κ1) is 24.0. The first-order chi connectivity index (χ1) is 17.2. The molecular formula is C28H32N4O4. The summed E-state index contributed by atoms with van der Waals surface area (Å²) in [6.07, 6.45) is 6.65. The monoisotopic (exact) mass is 488 g/mol. The van der Waals surface area contributed by atoms with Gasteiger partial charge in [-0.25, -0.2) is 0 Å². The van der Waals surface area contributed by atoms with E-state index in [1.165, 1.54) is 0 Å². The van der Waals surface area contributed by atoms with E-state index in [1.54, 1.807) is 48.5 Å². The Morgan fingerprint density at radius 1 is 0.694 bits per heavy atom. The molecule has 4 amide bonds. The number of nitrogens with one attached hydrogen (secondary N) is 2. The molecule has 0 spiro atoms. The van der Waals surface area contributed by atoms with Crippen molar-refractivity contribution in [2.75, 3.05) is 10.6 Å². The number of carbonyl (C=O) groups is 4. The van der Waals surface area contributed by atoms with E-state index in [2.05, 4.69) is 10.6 Å². The van der Waals surface area contributed by atoms with Gasteiger partial charge in [0.05, 0.1) is 22.5 Å². The van der Waals surface area contributed by atoms with Gasteiger partial charge in [-0.15, -0.1) is 0 Å². The molecule has 8 heteroatoms. The molecule has 0 radical (unpaired) electrons. The lowest BCUT2D eigenvalue weighted by Gasteiger charge is -2.62. The van der Waals surface area contributed by atoms with E-state index in [0.717, 1.165) is 38.5 Å². The summed E-state index contributed by atoms with van der Waals surface area (Å²) in [5.74, 6) is -0.404. The second-order valence-electron chi connectivity index (χ2n) is 11.2. The minimum atomic E-state index is -0.580. The number of primary amides is 2. The van der Waals surface area contributed by atoms with Gasteiger partial charge in [0.1, 0.15) is 0 Å². The maximum atomic E-state index is 13.2. The Balaban J connectivity index is 1.30. The van der Waals surface area contributed by atoms with Crippen molar-refractivity contribution in [1.29, 1.82) is 0 Å². The molecule has 6 N–H and O–H groups in total. The lowest BCUT2D eigenvalue weighted by Crippen LogP contribution is -2.53. The molecule has 4 saturated carbocycles. The minimum absolute atomic E-state index is 0.124. The van der Waals surface area contributed by atoms with Gasteiger partial charge in [-0.2, -0.15) is 0 Å². The standard InChI is InChI=1S/C28H32N4O4/c29-25(35)19-5-1-3-7-21(19)31-23(33)14-27-10-17-9-18(11-27)13-28(12-17,16-27)15-24(34)32-22-8-4-2-6-20(22)26(30)36/h1-8,17-18H,9-16H2,(H2,29,35)(H2,30,36)(H,31,33)(H,32,34). The Morgan fingerprint density at radius 3 is 1.47 bits per heavy atom. The zero-order valence-electron chi connectivity index (χ0n) is 20.2. The highest BCUT2D eigenvalue weighted by atomic mass is 16.2. The third-order valence-corrected chi connectivity index (χ3v) is 8.31. The molecular weight excluding hydrogens is 456 g/mol. The van der Waals surface area contributed by atoms with Crippen LogP contribution in [0.4, 0.5) is 11.4 Å². The molecule has 188 valence electrons. The van der Waals surface area contributed by atoms with Gasteiger partial charge in [0.2, 0.25) is 11.8 Å². The van der Waals surface area contributed by atoms with E-state index in [4.69, 9.17) is 11.5 Å². The number of carbonyl (C=O) groups excluding carboxylic acids is 4. The molecule has 4 bridgehead atoms. The summed E-state index contributed by atoms with van der Waals surface area (Å²) in [5.41, 5.74) is 12.1. The summed E-state index contributed by atoms with van der Waals surface area (Å²) < 4.78 is 0. The molecule has 36 heavy (non-hydrogen) atoms. The van der Waals surface area contributed by atoms with Crippen LogP contribution in [0.1, 0.15) is 72.1 Å². The van der Waals surface area contributed by atoms with Crippen LogP contribution in [0.15, 0.2) is 48.5 Å². The predicted octanol–water partition coefficient (Wildman–Crippen LogP) is 3.83. The summed E-state index contributed by atoms with van der Waals surface area (Å²) in [4.78, 5) is 49.8. The van der Waals surface area contributed by atoms with Crippen LogP contribution in [-0.2, 0) is 9.59 Å². The average molecular weight is 489 g/mol. The molecule has 8 nitrogen and oxygen atoms in total. The van der Waals surface area contributed by atoms with Gasteiger partial charge in [-0.05, 0) is 85.5 Å². The Kier molecular flexibility index (Phi) is 6.06. The van der Waals surface area contributed by atoms with Gasteiger partial charge in [-0.3, -0.25) is 19.2 Å². The predicted molar refractivity (Wildman–Crippen MR) is 136 cm³/mol. The van der Waals surface area contributed by atoms with Crippen molar-refractivity contribution in [3.05, 3.63) is 59.7 Å². The quantitative estimate of drug-likeness (QED) is 0.447. The van der Waals surface area contributed by atoms with Crippen molar-refractivity contribution in [1.82, 2.24) is 0 Å². The Hall–Kier alpha value is -3.68. The van der Waals surface area contributed by atoms with Gasteiger partial charge in [0.15, 0.2) is 0 Å². The van der Waals surface area contributed by atoms with Gasteiger partial charge < -0.3 is 22.1 Å². The molecule has 0 unspecified atom stereocenters. The molecule has 6 rings (SSSR count). The second kappa shape index (κ2) is 9.08. The normalized spacial score (nSPS) is 27.9. The molecule has 0 aromatic heterocycles. The van der Waals surface area contributed by atoms with Crippen LogP contribution in [0.3, 0.4) is 0 Å². The smallest absolute Gasteiger partial charge is 0.250 e. The van der Waals surface area contributed by atoms with Crippen LogP contribution in [0.25, 0.3) is 0 Å². The van der Waals surface area contributed by atoms with Crippen molar-refractivity contribution in [2.24, 2.45) is 34.1 Å². The third-order valence-electron chi connectivity index (χ3n) is 8.31. The number of para-hydroxylation sites is 2. The van der Waals surface area contributed by atoms with E-state index in [9.17, 15) is 19.2 Å². The Bertz CT molecular complexity index is 1130. The maximum absolute atomic E-state index is 13.2. The van der Waals surface area contributed by atoms with Crippen molar-refractivity contribution < 1.29 is 19.2 Å². The number of anilines is 2. The zero-order chi connectivity index (χ0) is 25.5. The molecule has 4 fully saturated rings. The molecule has 0 saturated heterocycles. The summed E-state index contributed by atoms with van der Waals surface area (Å²) in [7, 11) is 0. The zero-order valence-corrected chi connectivity index (χ0v) is 20.2. The van der Waals surface area contributed by atoms with Gasteiger partial charge in [0.25, 0.3) is 11.8 Å². The fraction of sp³-hybridized carbons (Fsp3) is 0.429. The fourth-order valence-electron chi connectivity index (χ4n) is 7.75. The largest absolute Gasteiger partial charge is 0.366 e. The lowest BCUT2D eigenvalue weighted by molar-refractivity contribution is -0.142. The minimum Gasteiger partial charge on any atom is -0.366 e. The summed E-state index contributed by atoms with van der Waals surface area (Å²) >= 11 is 0. The van der Waals surface area contributed by atoms with Crippen molar-refractivity contribution >= 4 is 35.0 Å². The lowest BCUT2D eigenvalue weighted by atomic mass is 9.43. The van der Waals surface area contributed by atoms with Crippen LogP contribution in [0.5, 0.6) is 0 Å². The maximum Gasteiger partial charge on any atom is 0.250 e. The Morgan fingerprint density at radius 2 is 1.08 bits per heavy atom. The molecule has 0 heterocycles.